The minimum atomic E-state index is -0.451. The molecule has 0 radical (unpaired) electrons. The monoisotopic (exact) mass is 451 g/mol. The van der Waals surface area contributed by atoms with Crippen molar-refractivity contribution in [1.29, 1.82) is 0 Å². The molecule has 2 heterocycles. The Labute approximate surface area is 184 Å². The van der Waals surface area contributed by atoms with Crippen molar-refractivity contribution in [2.24, 2.45) is 0 Å². The Balaban J connectivity index is 1.80. The normalized spacial score (nSPS) is 15.7. The smallest absolute Gasteiger partial charge is 0.245 e. The first-order valence-electron chi connectivity index (χ1n) is 9.41. The van der Waals surface area contributed by atoms with Crippen LogP contribution in [0.4, 0.5) is 0 Å². The number of halogens is 3. The highest BCUT2D eigenvalue weighted by molar-refractivity contribution is 6.42. The fraction of sp³-hybridized carbons (Fsp3) is 0.333. The number of hydrogen-bond donors (Lipinski definition) is 0. The van der Waals surface area contributed by atoms with E-state index in [9.17, 15) is 4.79 Å². The van der Waals surface area contributed by atoms with Crippen molar-refractivity contribution in [2.75, 3.05) is 26.3 Å². The van der Waals surface area contributed by atoms with E-state index in [-0.39, 0.29) is 5.91 Å². The molecule has 0 spiro atoms. The summed E-state index contributed by atoms with van der Waals surface area (Å²) in [5, 5.41) is 1.52. The van der Waals surface area contributed by atoms with E-state index in [1.807, 2.05) is 40.7 Å². The van der Waals surface area contributed by atoms with Gasteiger partial charge in [-0.2, -0.15) is 0 Å². The molecule has 1 aliphatic rings. The summed E-state index contributed by atoms with van der Waals surface area (Å²) in [6.45, 7) is 4.16. The SMILES string of the molecule is CC(C(=O)N1CCOCC1)n1c(Cc2ccccc2Cl)nc2cc(Cl)c(Cl)cc21. The van der Waals surface area contributed by atoms with Crippen LogP contribution >= 0.6 is 34.8 Å². The average molecular weight is 453 g/mol. The van der Waals surface area contributed by atoms with Gasteiger partial charge in [-0.1, -0.05) is 53.0 Å². The number of aromatic nitrogens is 2. The lowest BCUT2D eigenvalue weighted by Crippen LogP contribution is -2.43. The van der Waals surface area contributed by atoms with E-state index >= 15 is 0 Å². The summed E-state index contributed by atoms with van der Waals surface area (Å²) in [6.07, 6.45) is 0.490. The molecular weight excluding hydrogens is 433 g/mol. The van der Waals surface area contributed by atoms with Gasteiger partial charge in [-0.3, -0.25) is 4.79 Å². The molecule has 1 amide bonds. The van der Waals surface area contributed by atoms with Gasteiger partial charge in [-0.15, -0.1) is 0 Å². The van der Waals surface area contributed by atoms with Gasteiger partial charge in [-0.05, 0) is 30.7 Å². The number of carbonyl (C=O) groups is 1. The van der Waals surface area contributed by atoms with Gasteiger partial charge in [0, 0.05) is 24.5 Å². The molecule has 2 aromatic carbocycles. The van der Waals surface area contributed by atoms with Crippen LogP contribution in [-0.4, -0.2) is 46.7 Å². The number of benzene rings is 2. The first-order chi connectivity index (χ1) is 14.0. The summed E-state index contributed by atoms with van der Waals surface area (Å²) >= 11 is 18.9. The Hall–Kier alpha value is -1.79. The van der Waals surface area contributed by atoms with Crippen molar-refractivity contribution < 1.29 is 9.53 Å². The molecule has 3 aromatic rings. The predicted molar refractivity (Wildman–Crippen MR) is 116 cm³/mol. The van der Waals surface area contributed by atoms with Crippen molar-refractivity contribution in [3.05, 3.63) is 62.9 Å². The maximum Gasteiger partial charge on any atom is 0.245 e. The van der Waals surface area contributed by atoms with E-state index in [2.05, 4.69) is 0 Å². The fourth-order valence-electron chi connectivity index (χ4n) is 3.67. The molecule has 0 saturated carbocycles. The summed E-state index contributed by atoms with van der Waals surface area (Å²) in [5.74, 6) is 0.764. The number of nitrogens with zero attached hydrogens (tertiary/aromatic N) is 3. The Kier molecular flexibility index (Phi) is 6.02. The average Bonchev–Trinajstić information content (AvgIpc) is 3.06. The molecule has 29 heavy (non-hydrogen) atoms. The number of morpholine rings is 1. The first-order valence-corrected chi connectivity index (χ1v) is 10.5. The second-order valence-corrected chi connectivity index (χ2v) is 8.26. The van der Waals surface area contributed by atoms with E-state index in [4.69, 9.17) is 44.5 Å². The topological polar surface area (TPSA) is 47.4 Å². The second-order valence-electron chi connectivity index (χ2n) is 7.03. The quantitative estimate of drug-likeness (QED) is 0.559. The summed E-state index contributed by atoms with van der Waals surface area (Å²) in [5.41, 5.74) is 2.41. The van der Waals surface area contributed by atoms with Crippen LogP contribution in [0.1, 0.15) is 24.4 Å². The predicted octanol–water partition coefficient (Wildman–Crippen LogP) is 5.01. The number of amides is 1. The minimum absolute atomic E-state index is 0.0269. The molecule has 0 aliphatic carbocycles. The lowest BCUT2D eigenvalue weighted by Gasteiger charge is -2.30. The number of fused-ring (bicyclic) bond motifs is 1. The van der Waals surface area contributed by atoms with Crippen LogP contribution in [0.25, 0.3) is 11.0 Å². The van der Waals surface area contributed by atoms with Gasteiger partial charge in [-0.25, -0.2) is 4.98 Å². The van der Waals surface area contributed by atoms with Gasteiger partial charge in [0.2, 0.25) is 5.91 Å². The third-order valence-corrected chi connectivity index (χ3v) is 6.27. The van der Waals surface area contributed by atoms with E-state index in [0.29, 0.717) is 53.3 Å². The zero-order chi connectivity index (χ0) is 20.5. The minimum Gasteiger partial charge on any atom is -0.378 e. The number of rotatable bonds is 4. The third-order valence-electron chi connectivity index (χ3n) is 5.18. The molecule has 0 bridgehead atoms. The number of imidazole rings is 1. The van der Waals surface area contributed by atoms with Crippen LogP contribution in [0.3, 0.4) is 0 Å². The van der Waals surface area contributed by atoms with Crippen LogP contribution < -0.4 is 0 Å². The Bertz CT molecular complexity index is 1060. The van der Waals surface area contributed by atoms with E-state index < -0.39 is 6.04 Å². The molecule has 1 aromatic heterocycles. The molecule has 1 saturated heterocycles. The standard InChI is InChI=1S/C21H20Cl3N3O2/c1-13(21(28)26-6-8-29-9-7-26)27-19-12-17(24)16(23)11-18(19)25-20(27)10-14-4-2-3-5-15(14)22/h2-5,11-13H,6-10H2,1H3. The zero-order valence-corrected chi connectivity index (χ0v) is 18.1. The van der Waals surface area contributed by atoms with Gasteiger partial charge in [0.1, 0.15) is 11.9 Å². The second kappa shape index (κ2) is 8.52. The van der Waals surface area contributed by atoms with Crippen molar-refractivity contribution in [2.45, 2.75) is 19.4 Å². The molecule has 5 nitrogen and oxygen atoms in total. The molecule has 1 unspecified atom stereocenters. The lowest BCUT2D eigenvalue weighted by molar-refractivity contribution is -0.138. The van der Waals surface area contributed by atoms with Gasteiger partial charge in [0.05, 0.1) is 34.3 Å². The maximum absolute atomic E-state index is 13.2. The molecule has 1 atom stereocenters. The first kappa shape index (κ1) is 20.5. The van der Waals surface area contributed by atoms with Crippen molar-refractivity contribution >= 4 is 51.7 Å². The Morgan fingerprint density at radius 2 is 1.79 bits per heavy atom. The number of ether oxygens (including phenoxy) is 1. The molecular formula is C21H20Cl3N3O2. The van der Waals surface area contributed by atoms with Crippen molar-refractivity contribution in [3.8, 4) is 0 Å². The Morgan fingerprint density at radius 1 is 1.10 bits per heavy atom. The number of carbonyl (C=O) groups excluding carboxylic acids is 1. The summed E-state index contributed by atoms with van der Waals surface area (Å²) in [4.78, 5) is 19.8. The zero-order valence-electron chi connectivity index (χ0n) is 15.9. The molecule has 1 fully saturated rings. The van der Waals surface area contributed by atoms with Crippen LogP contribution in [0.5, 0.6) is 0 Å². The molecule has 152 valence electrons. The van der Waals surface area contributed by atoms with Gasteiger partial charge in [0.25, 0.3) is 0 Å². The van der Waals surface area contributed by atoms with Gasteiger partial charge >= 0.3 is 0 Å². The molecule has 8 heteroatoms. The van der Waals surface area contributed by atoms with Crippen LogP contribution in [0.15, 0.2) is 36.4 Å². The van der Waals surface area contributed by atoms with Crippen LogP contribution in [0, 0.1) is 0 Å². The van der Waals surface area contributed by atoms with Crippen molar-refractivity contribution in [3.63, 3.8) is 0 Å². The number of hydrogen-bond acceptors (Lipinski definition) is 3. The van der Waals surface area contributed by atoms with E-state index in [1.165, 1.54) is 0 Å². The lowest BCUT2D eigenvalue weighted by atomic mass is 10.1. The van der Waals surface area contributed by atoms with Crippen molar-refractivity contribution in [1.82, 2.24) is 14.5 Å². The maximum atomic E-state index is 13.2. The molecule has 1 aliphatic heterocycles. The molecule has 0 N–H and O–H groups in total. The van der Waals surface area contributed by atoms with Crippen LogP contribution in [-0.2, 0) is 16.0 Å². The molecule has 4 rings (SSSR count). The fourth-order valence-corrected chi connectivity index (χ4v) is 4.19. The highest BCUT2D eigenvalue weighted by atomic mass is 35.5. The summed E-state index contributed by atoms with van der Waals surface area (Å²) < 4.78 is 7.32. The highest BCUT2D eigenvalue weighted by Gasteiger charge is 2.27. The van der Waals surface area contributed by atoms with Gasteiger partial charge < -0.3 is 14.2 Å². The van der Waals surface area contributed by atoms with Gasteiger partial charge in [0.15, 0.2) is 0 Å². The highest BCUT2D eigenvalue weighted by Crippen LogP contribution is 2.32. The third kappa shape index (κ3) is 4.10. The largest absolute Gasteiger partial charge is 0.378 e. The van der Waals surface area contributed by atoms with E-state index in [1.54, 1.807) is 12.1 Å². The summed E-state index contributed by atoms with van der Waals surface area (Å²) in [6, 6.07) is 10.7. The van der Waals surface area contributed by atoms with E-state index in [0.717, 1.165) is 16.9 Å². The summed E-state index contributed by atoms with van der Waals surface area (Å²) in [7, 11) is 0. The van der Waals surface area contributed by atoms with Crippen LogP contribution in [0.2, 0.25) is 15.1 Å². The Morgan fingerprint density at radius 3 is 2.52 bits per heavy atom.